The molecule has 1 amide bonds. The highest BCUT2D eigenvalue weighted by molar-refractivity contribution is 5.94. The van der Waals surface area contributed by atoms with Gasteiger partial charge < -0.3 is 10.1 Å². The number of ether oxygens (including phenoxy) is 1. The number of amides is 1. The van der Waals surface area contributed by atoms with Crippen molar-refractivity contribution in [3.8, 4) is 0 Å². The Labute approximate surface area is 112 Å². The first kappa shape index (κ1) is 15.6. The van der Waals surface area contributed by atoms with E-state index in [2.05, 4.69) is 19.2 Å². The van der Waals surface area contributed by atoms with Gasteiger partial charge in [0.05, 0.1) is 12.2 Å². The highest BCUT2D eigenvalue weighted by Gasteiger charge is 2.14. The van der Waals surface area contributed by atoms with E-state index in [0.29, 0.717) is 19.1 Å². The zero-order valence-corrected chi connectivity index (χ0v) is 11.2. The molecule has 0 saturated heterocycles. The largest absolute Gasteiger partial charge is 0.380 e. The molecule has 0 aliphatic heterocycles. The van der Waals surface area contributed by atoms with Crippen molar-refractivity contribution < 1.29 is 18.3 Å². The lowest BCUT2D eigenvalue weighted by molar-refractivity contribution is 0.0901. The first-order valence-corrected chi connectivity index (χ1v) is 6.32. The van der Waals surface area contributed by atoms with Crippen molar-refractivity contribution in [1.29, 1.82) is 0 Å². The average Bonchev–Trinajstić information content (AvgIpc) is 2.36. The van der Waals surface area contributed by atoms with Gasteiger partial charge in [-0.25, -0.2) is 8.78 Å². The van der Waals surface area contributed by atoms with Crippen LogP contribution in [0.1, 0.15) is 30.6 Å². The van der Waals surface area contributed by atoms with Crippen LogP contribution in [0.3, 0.4) is 0 Å². The Hall–Kier alpha value is -1.49. The Morgan fingerprint density at radius 3 is 2.74 bits per heavy atom. The van der Waals surface area contributed by atoms with E-state index < -0.39 is 17.5 Å². The van der Waals surface area contributed by atoms with Crippen molar-refractivity contribution in [3.05, 3.63) is 35.4 Å². The highest BCUT2D eigenvalue weighted by Crippen LogP contribution is 2.10. The van der Waals surface area contributed by atoms with Crippen LogP contribution in [0, 0.1) is 17.6 Å². The maximum absolute atomic E-state index is 13.3. The summed E-state index contributed by atoms with van der Waals surface area (Å²) in [5.41, 5.74) is -0.290. The summed E-state index contributed by atoms with van der Waals surface area (Å²) in [6.45, 7) is 5.44. The van der Waals surface area contributed by atoms with Crippen molar-refractivity contribution in [2.75, 3.05) is 19.8 Å². The normalized spacial score (nSPS) is 10.8. The standard InChI is InChI=1S/C14H19F2NO2/c1-10(2)6-8-19-9-7-17-14(18)11-4-3-5-12(15)13(11)16/h3-5,10H,6-9H2,1-2H3,(H,17,18). The number of benzene rings is 1. The molecule has 0 fully saturated rings. The van der Waals surface area contributed by atoms with E-state index in [1.807, 2.05) is 0 Å². The van der Waals surface area contributed by atoms with Crippen LogP contribution in [-0.4, -0.2) is 25.7 Å². The van der Waals surface area contributed by atoms with Crippen LogP contribution in [0.5, 0.6) is 0 Å². The minimum absolute atomic E-state index is 0.271. The molecule has 1 aromatic rings. The molecule has 19 heavy (non-hydrogen) atoms. The van der Waals surface area contributed by atoms with E-state index >= 15 is 0 Å². The Morgan fingerprint density at radius 1 is 1.32 bits per heavy atom. The summed E-state index contributed by atoms with van der Waals surface area (Å²) in [6, 6.07) is 3.51. The zero-order chi connectivity index (χ0) is 14.3. The van der Waals surface area contributed by atoms with Crippen molar-refractivity contribution >= 4 is 5.91 Å². The first-order valence-electron chi connectivity index (χ1n) is 6.32. The summed E-state index contributed by atoms with van der Waals surface area (Å²) in [5.74, 6) is -2.22. The number of rotatable bonds is 7. The average molecular weight is 271 g/mol. The van der Waals surface area contributed by atoms with Crippen LogP contribution in [-0.2, 0) is 4.74 Å². The molecule has 1 N–H and O–H groups in total. The number of hydrogen-bond donors (Lipinski definition) is 1. The molecule has 3 nitrogen and oxygen atoms in total. The molecule has 0 spiro atoms. The predicted molar refractivity (Wildman–Crippen MR) is 69.0 cm³/mol. The van der Waals surface area contributed by atoms with Gasteiger partial charge in [-0.3, -0.25) is 4.79 Å². The van der Waals surface area contributed by atoms with Gasteiger partial charge in [0.15, 0.2) is 11.6 Å². The van der Waals surface area contributed by atoms with Gasteiger partial charge in [0.2, 0.25) is 0 Å². The van der Waals surface area contributed by atoms with Gasteiger partial charge in [-0.1, -0.05) is 19.9 Å². The SMILES string of the molecule is CC(C)CCOCCNC(=O)c1cccc(F)c1F. The molecule has 0 aliphatic rings. The molecule has 0 saturated carbocycles. The third kappa shape index (κ3) is 5.34. The Morgan fingerprint density at radius 2 is 2.05 bits per heavy atom. The molecular weight excluding hydrogens is 252 g/mol. The summed E-state index contributed by atoms with van der Waals surface area (Å²) in [6.07, 6.45) is 0.951. The summed E-state index contributed by atoms with van der Waals surface area (Å²) < 4.78 is 31.5. The first-order chi connectivity index (χ1) is 9.02. The molecule has 1 aromatic carbocycles. The Kier molecular flexibility index (Phi) is 6.42. The van der Waals surface area contributed by atoms with E-state index in [-0.39, 0.29) is 12.1 Å². The van der Waals surface area contributed by atoms with Gasteiger partial charge in [-0.05, 0) is 24.5 Å². The molecule has 0 aliphatic carbocycles. The van der Waals surface area contributed by atoms with Crippen molar-refractivity contribution in [2.45, 2.75) is 20.3 Å². The lowest BCUT2D eigenvalue weighted by Gasteiger charge is -2.08. The lowest BCUT2D eigenvalue weighted by Crippen LogP contribution is -2.28. The van der Waals surface area contributed by atoms with Crippen LogP contribution in [0.15, 0.2) is 18.2 Å². The number of nitrogens with one attached hydrogen (secondary N) is 1. The second-order valence-electron chi connectivity index (χ2n) is 4.65. The minimum Gasteiger partial charge on any atom is -0.380 e. The van der Waals surface area contributed by atoms with Crippen LogP contribution >= 0.6 is 0 Å². The zero-order valence-electron chi connectivity index (χ0n) is 11.2. The van der Waals surface area contributed by atoms with Gasteiger partial charge in [0.1, 0.15) is 0 Å². The lowest BCUT2D eigenvalue weighted by atomic mass is 10.1. The van der Waals surface area contributed by atoms with E-state index in [9.17, 15) is 13.6 Å². The van der Waals surface area contributed by atoms with Crippen LogP contribution < -0.4 is 5.32 Å². The molecule has 5 heteroatoms. The van der Waals surface area contributed by atoms with Crippen LogP contribution in [0.2, 0.25) is 0 Å². The van der Waals surface area contributed by atoms with Crippen molar-refractivity contribution in [1.82, 2.24) is 5.32 Å². The number of carbonyl (C=O) groups is 1. The molecule has 0 atom stereocenters. The van der Waals surface area contributed by atoms with Crippen molar-refractivity contribution in [3.63, 3.8) is 0 Å². The van der Waals surface area contributed by atoms with E-state index in [1.54, 1.807) is 0 Å². The molecular formula is C14H19F2NO2. The number of halogens is 2. The fourth-order valence-corrected chi connectivity index (χ4v) is 1.43. The maximum Gasteiger partial charge on any atom is 0.254 e. The molecule has 0 heterocycles. The van der Waals surface area contributed by atoms with E-state index in [4.69, 9.17) is 4.74 Å². The summed E-state index contributed by atoms with van der Waals surface area (Å²) in [7, 11) is 0. The summed E-state index contributed by atoms with van der Waals surface area (Å²) in [4.78, 5) is 11.6. The van der Waals surface area contributed by atoms with E-state index in [1.165, 1.54) is 12.1 Å². The molecule has 0 aromatic heterocycles. The third-order valence-corrected chi connectivity index (χ3v) is 2.57. The summed E-state index contributed by atoms with van der Waals surface area (Å²) >= 11 is 0. The Bertz CT molecular complexity index is 422. The fraction of sp³-hybridized carbons (Fsp3) is 0.500. The molecule has 0 bridgehead atoms. The van der Waals surface area contributed by atoms with Gasteiger partial charge in [0, 0.05) is 13.2 Å². The highest BCUT2D eigenvalue weighted by atomic mass is 19.2. The molecule has 0 unspecified atom stereocenters. The predicted octanol–water partition coefficient (Wildman–Crippen LogP) is 2.76. The maximum atomic E-state index is 13.3. The van der Waals surface area contributed by atoms with E-state index in [0.717, 1.165) is 12.5 Å². The quantitative estimate of drug-likeness (QED) is 0.774. The Balaban J connectivity index is 2.30. The number of carbonyl (C=O) groups excluding carboxylic acids is 1. The monoisotopic (exact) mass is 271 g/mol. The molecule has 106 valence electrons. The third-order valence-electron chi connectivity index (χ3n) is 2.57. The number of hydrogen-bond acceptors (Lipinski definition) is 2. The minimum atomic E-state index is -1.12. The van der Waals surface area contributed by atoms with Gasteiger partial charge in [0.25, 0.3) is 5.91 Å². The smallest absolute Gasteiger partial charge is 0.254 e. The molecule has 0 radical (unpaired) electrons. The fourth-order valence-electron chi connectivity index (χ4n) is 1.43. The van der Waals surface area contributed by atoms with Crippen LogP contribution in [0.25, 0.3) is 0 Å². The second kappa shape index (κ2) is 7.84. The van der Waals surface area contributed by atoms with Gasteiger partial charge in [-0.2, -0.15) is 0 Å². The van der Waals surface area contributed by atoms with Crippen molar-refractivity contribution in [2.24, 2.45) is 5.92 Å². The topological polar surface area (TPSA) is 38.3 Å². The molecule has 1 rings (SSSR count). The van der Waals surface area contributed by atoms with Crippen LogP contribution in [0.4, 0.5) is 8.78 Å². The summed E-state index contributed by atoms with van der Waals surface area (Å²) in [5, 5.41) is 2.48. The van der Waals surface area contributed by atoms with Gasteiger partial charge >= 0.3 is 0 Å². The second-order valence-corrected chi connectivity index (χ2v) is 4.65. The van der Waals surface area contributed by atoms with Gasteiger partial charge in [-0.15, -0.1) is 0 Å².